The molecule has 0 saturated heterocycles. The zero-order valence-electron chi connectivity index (χ0n) is 10.8. The van der Waals surface area contributed by atoms with Crippen LogP contribution in [0.3, 0.4) is 0 Å². The van der Waals surface area contributed by atoms with Crippen LogP contribution in [-0.2, 0) is 9.53 Å². The van der Waals surface area contributed by atoms with E-state index in [-0.39, 0.29) is 5.97 Å². The molecule has 0 N–H and O–H groups in total. The van der Waals surface area contributed by atoms with Crippen LogP contribution in [0.15, 0.2) is 12.7 Å². The first-order valence-corrected chi connectivity index (χ1v) is 8.16. The SMILES string of the molecule is C=CCOC(=O)CCCCCCCCCCI. The summed E-state index contributed by atoms with van der Waals surface area (Å²) in [5.74, 6) is -0.0908. The Kier molecular flexibility index (Phi) is 14.0. The molecule has 0 aromatic heterocycles. The second kappa shape index (κ2) is 14.0. The first-order valence-electron chi connectivity index (χ1n) is 6.63. The van der Waals surface area contributed by atoms with Gasteiger partial charge in [-0.05, 0) is 17.3 Å². The molecule has 0 rings (SSSR count). The Morgan fingerprint density at radius 1 is 1.00 bits per heavy atom. The van der Waals surface area contributed by atoms with Crippen molar-refractivity contribution in [3.63, 3.8) is 0 Å². The van der Waals surface area contributed by atoms with E-state index in [4.69, 9.17) is 4.74 Å². The van der Waals surface area contributed by atoms with Crippen molar-refractivity contribution < 1.29 is 9.53 Å². The molecule has 0 fully saturated rings. The van der Waals surface area contributed by atoms with Gasteiger partial charge in [-0.25, -0.2) is 0 Å². The molecular weight excluding hydrogens is 327 g/mol. The van der Waals surface area contributed by atoms with E-state index in [1.54, 1.807) is 6.08 Å². The molecule has 17 heavy (non-hydrogen) atoms. The number of alkyl halides is 1. The second-order valence-corrected chi connectivity index (χ2v) is 5.32. The van der Waals surface area contributed by atoms with Gasteiger partial charge in [-0.15, -0.1) is 0 Å². The first-order chi connectivity index (χ1) is 8.31. The zero-order valence-corrected chi connectivity index (χ0v) is 12.9. The van der Waals surface area contributed by atoms with Crippen molar-refractivity contribution in [1.82, 2.24) is 0 Å². The molecule has 0 aromatic rings. The van der Waals surface area contributed by atoms with E-state index in [0.717, 1.165) is 12.8 Å². The van der Waals surface area contributed by atoms with Crippen LogP contribution in [0.5, 0.6) is 0 Å². The van der Waals surface area contributed by atoms with E-state index in [1.165, 1.54) is 43.0 Å². The van der Waals surface area contributed by atoms with Crippen molar-refractivity contribution in [2.24, 2.45) is 0 Å². The van der Waals surface area contributed by atoms with Crippen LogP contribution < -0.4 is 0 Å². The lowest BCUT2D eigenvalue weighted by molar-refractivity contribution is -0.142. The van der Waals surface area contributed by atoms with Gasteiger partial charge in [0.1, 0.15) is 6.61 Å². The van der Waals surface area contributed by atoms with Crippen molar-refractivity contribution in [2.75, 3.05) is 11.0 Å². The number of hydrogen-bond acceptors (Lipinski definition) is 2. The number of ether oxygens (including phenoxy) is 1. The standard InChI is InChI=1S/C14H25IO2/c1-2-13-17-14(16)11-9-7-5-3-4-6-8-10-12-15/h2H,1,3-13H2. The molecule has 0 spiro atoms. The summed E-state index contributed by atoms with van der Waals surface area (Å²) >= 11 is 2.43. The van der Waals surface area contributed by atoms with E-state index in [2.05, 4.69) is 29.2 Å². The Bertz CT molecular complexity index is 193. The van der Waals surface area contributed by atoms with Gasteiger partial charge < -0.3 is 4.74 Å². The smallest absolute Gasteiger partial charge is 0.306 e. The van der Waals surface area contributed by atoms with Crippen LogP contribution >= 0.6 is 22.6 Å². The van der Waals surface area contributed by atoms with Crippen molar-refractivity contribution in [3.05, 3.63) is 12.7 Å². The van der Waals surface area contributed by atoms with Gasteiger partial charge in [-0.2, -0.15) is 0 Å². The lowest BCUT2D eigenvalue weighted by atomic mass is 10.1. The van der Waals surface area contributed by atoms with Crippen molar-refractivity contribution in [2.45, 2.75) is 57.8 Å². The molecule has 0 bridgehead atoms. The topological polar surface area (TPSA) is 26.3 Å². The molecule has 0 radical (unpaired) electrons. The molecule has 0 aliphatic heterocycles. The molecule has 100 valence electrons. The predicted molar refractivity (Wildman–Crippen MR) is 81.6 cm³/mol. The Morgan fingerprint density at radius 3 is 2.06 bits per heavy atom. The van der Waals surface area contributed by atoms with Crippen LogP contribution in [0.2, 0.25) is 0 Å². The predicted octanol–water partition coefficient (Wildman–Crippen LogP) is 4.66. The third-order valence-corrected chi connectivity index (χ3v) is 3.39. The lowest BCUT2D eigenvalue weighted by Crippen LogP contribution is -2.03. The normalized spacial score (nSPS) is 10.2. The summed E-state index contributed by atoms with van der Waals surface area (Å²) in [6.45, 7) is 3.85. The van der Waals surface area contributed by atoms with Gasteiger partial charge in [0.25, 0.3) is 0 Å². The highest BCUT2D eigenvalue weighted by molar-refractivity contribution is 14.1. The third-order valence-electron chi connectivity index (χ3n) is 2.63. The van der Waals surface area contributed by atoms with Gasteiger partial charge in [0, 0.05) is 6.42 Å². The number of hydrogen-bond donors (Lipinski definition) is 0. The summed E-state index contributed by atoms with van der Waals surface area (Å²) in [6.07, 6.45) is 12.3. The van der Waals surface area contributed by atoms with Crippen LogP contribution in [0, 0.1) is 0 Å². The van der Waals surface area contributed by atoms with E-state index < -0.39 is 0 Å². The molecular formula is C14H25IO2. The molecule has 2 nitrogen and oxygen atoms in total. The number of unbranched alkanes of at least 4 members (excludes halogenated alkanes) is 7. The number of carbonyl (C=O) groups is 1. The summed E-state index contributed by atoms with van der Waals surface area (Å²) in [4.78, 5) is 11.1. The second-order valence-electron chi connectivity index (χ2n) is 4.24. The van der Waals surface area contributed by atoms with Gasteiger partial charge in [-0.1, -0.05) is 73.8 Å². The molecule has 0 atom stereocenters. The summed E-state index contributed by atoms with van der Waals surface area (Å²) < 4.78 is 6.19. The molecule has 0 aliphatic rings. The Balaban J connectivity index is 3.07. The minimum atomic E-state index is -0.0908. The first kappa shape index (κ1) is 16.9. The Labute approximate surface area is 119 Å². The van der Waals surface area contributed by atoms with Crippen LogP contribution in [0.25, 0.3) is 0 Å². The maximum atomic E-state index is 11.1. The van der Waals surface area contributed by atoms with E-state index in [0.29, 0.717) is 13.0 Å². The molecule has 0 aliphatic carbocycles. The summed E-state index contributed by atoms with van der Waals surface area (Å²) in [6, 6.07) is 0. The molecule has 0 aromatic carbocycles. The zero-order chi connectivity index (χ0) is 12.8. The van der Waals surface area contributed by atoms with Gasteiger partial charge in [0.15, 0.2) is 0 Å². The van der Waals surface area contributed by atoms with Crippen LogP contribution in [0.4, 0.5) is 0 Å². The summed E-state index contributed by atoms with van der Waals surface area (Å²) in [5.41, 5.74) is 0. The van der Waals surface area contributed by atoms with Gasteiger partial charge in [0.05, 0.1) is 0 Å². The average molecular weight is 352 g/mol. The summed E-state index contributed by atoms with van der Waals surface area (Å²) in [7, 11) is 0. The number of carbonyl (C=O) groups excluding carboxylic acids is 1. The van der Waals surface area contributed by atoms with E-state index >= 15 is 0 Å². The minimum Gasteiger partial charge on any atom is -0.461 e. The third kappa shape index (κ3) is 13.9. The largest absolute Gasteiger partial charge is 0.461 e. The number of rotatable bonds is 12. The molecule has 3 heteroatoms. The fourth-order valence-corrected chi connectivity index (χ4v) is 2.19. The number of halogens is 1. The Hall–Kier alpha value is -0.0600. The number of esters is 1. The molecule has 0 heterocycles. The maximum Gasteiger partial charge on any atom is 0.306 e. The molecule has 0 unspecified atom stereocenters. The Morgan fingerprint density at radius 2 is 1.53 bits per heavy atom. The average Bonchev–Trinajstić information content (AvgIpc) is 2.34. The van der Waals surface area contributed by atoms with E-state index in [9.17, 15) is 4.79 Å². The monoisotopic (exact) mass is 352 g/mol. The van der Waals surface area contributed by atoms with Gasteiger partial charge >= 0.3 is 5.97 Å². The van der Waals surface area contributed by atoms with Crippen LogP contribution in [-0.4, -0.2) is 17.0 Å². The molecule has 0 amide bonds. The van der Waals surface area contributed by atoms with Gasteiger partial charge in [0.2, 0.25) is 0 Å². The molecule has 0 saturated carbocycles. The highest BCUT2D eigenvalue weighted by Crippen LogP contribution is 2.10. The highest BCUT2D eigenvalue weighted by atomic mass is 127. The van der Waals surface area contributed by atoms with Crippen molar-refractivity contribution in [1.29, 1.82) is 0 Å². The van der Waals surface area contributed by atoms with Crippen LogP contribution in [0.1, 0.15) is 57.8 Å². The maximum absolute atomic E-state index is 11.1. The van der Waals surface area contributed by atoms with Crippen molar-refractivity contribution in [3.8, 4) is 0 Å². The minimum absolute atomic E-state index is 0.0908. The van der Waals surface area contributed by atoms with Gasteiger partial charge in [-0.3, -0.25) is 4.79 Å². The fourth-order valence-electron chi connectivity index (χ4n) is 1.65. The lowest BCUT2D eigenvalue weighted by Gasteiger charge is -2.02. The van der Waals surface area contributed by atoms with E-state index in [1.807, 2.05) is 0 Å². The highest BCUT2D eigenvalue weighted by Gasteiger charge is 2.00. The van der Waals surface area contributed by atoms with Crippen molar-refractivity contribution >= 4 is 28.6 Å². The fraction of sp³-hybridized carbons (Fsp3) is 0.786. The quantitative estimate of drug-likeness (QED) is 0.168. The summed E-state index contributed by atoms with van der Waals surface area (Å²) in [5, 5.41) is 0.